The van der Waals surface area contributed by atoms with Crippen LogP contribution in [0.2, 0.25) is 0 Å². The Kier molecular flexibility index (Phi) is 9.40. The highest BCUT2D eigenvalue weighted by atomic mass is 31.2. The van der Waals surface area contributed by atoms with Crippen molar-refractivity contribution in [3.8, 4) is 5.75 Å². The first-order valence-corrected chi connectivity index (χ1v) is 14.3. The van der Waals surface area contributed by atoms with Crippen molar-refractivity contribution in [3.63, 3.8) is 0 Å². The summed E-state index contributed by atoms with van der Waals surface area (Å²) in [5, 5.41) is 14.7. The van der Waals surface area contributed by atoms with Gasteiger partial charge in [0.15, 0.2) is 22.7 Å². The molecule has 0 amide bonds. The van der Waals surface area contributed by atoms with Crippen LogP contribution in [-0.2, 0) is 25.2 Å². The van der Waals surface area contributed by atoms with E-state index in [0.29, 0.717) is 6.54 Å². The zero-order valence-electron chi connectivity index (χ0n) is 23.2. The van der Waals surface area contributed by atoms with Gasteiger partial charge in [-0.05, 0) is 24.5 Å². The standard InChI is InChI=1S/C24H31N6O11P/c1-12(2)8-25-24-27-22-20(23(32)28-24)26-11-29(22)18-7-16(41-42(35,36)37)17(40-18)10-39-9-14-5-6-15(38-4)21(30(33)34)19(14)13(3)31/h5-6,11-12,16-18H,7-10H2,1-4H3,(H2,35,36,37)(H2,25,27,28,32)/t16-,17+,18+/m0/s1. The van der Waals surface area contributed by atoms with E-state index in [9.17, 15) is 34.1 Å². The number of anilines is 1. The number of Topliss-reactive ketones (excluding diaryl/α,β-unsaturated/α-hetero) is 1. The molecule has 1 aliphatic rings. The fourth-order valence-corrected chi connectivity index (χ4v) is 5.16. The van der Waals surface area contributed by atoms with E-state index in [1.165, 1.54) is 37.1 Å². The van der Waals surface area contributed by atoms with E-state index >= 15 is 0 Å². The molecule has 3 atom stereocenters. The van der Waals surface area contributed by atoms with Gasteiger partial charge in [-0.2, -0.15) is 4.98 Å². The molecule has 0 spiro atoms. The summed E-state index contributed by atoms with van der Waals surface area (Å²) in [4.78, 5) is 65.9. The van der Waals surface area contributed by atoms with Gasteiger partial charge in [0.1, 0.15) is 24.0 Å². The van der Waals surface area contributed by atoms with E-state index in [1.54, 1.807) is 0 Å². The maximum Gasteiger partial charge on any atom is 0.469 e. The minimum absolute atomic E-state index is 0.0405. The number of fused-ring (bicyclic) bond motifs is 1. The van der Waals surface area contributed by atoms with Crippen molar-refractivity contribution < 1.29 is 42.8 Å². The Morgan fingerprint density at radius 1 is 1.38 bits per heavy atom. The number of phosphoric ester groups is 1. The second kappa shape index (κ2) is 12.6. The number of nitro groups is 1. The van der Waals surface area contributed by atoms with E-state index in [2.05, 4.69) is 20.3 Å². The van der Waals surface area contributed by atoms with Crippen LogP contribution in [0.1, 0.15) is 49.3 Å². The van der Waals surface area contributed by atoms with Gasteiger partial charge >= 0.3 is 13.5 Å². The molecule has 0 unspecified atom stereocenters. The first-order chi connectivity index (χ1) is 19.8. The molecular weight excluding hydrogens is 579 g/mol. The zero-order valence-corrected chi connectivity index (χ0v) is 24.1. The summed E-state index contributed by atoms with van der Waals surface area (Å²) in [6.07, 6.45) is -1.78. The molecule has 1 aliphatic heterocycles. The number of nitrogens with zero attached hydrogens (tertiary/aromatic N) is 4. The summed E-state index contributed by atoms with van der Waals surface area (Å²) in [5.41, 5.74) is -0.733. The number of hydrogen-bond donors (Lipinski definition) is 4. The fourth-order valence-electron chi connectivity index (χ4n) is 4.59. The Hall–Kier alpha value is -3.73. The number of aromatic amines is 1. The quantitative estimate of drug-likeness (QED) is 0.0942. The van der Waals surface area contributed by atoms with Crippen LogP contribution in [0.4, 0.5) is 11.6 Å². The molecule has 1 saturated heterocycles. The third-order valence-corrected chi connectivity index (χ3v) is 6.94. The first-order valence-electron chi connectivity index (χ1n) is 12.8. The molecule has 228 valence electrons. The number of aromatic nitrogens is 4. The summed E-state index contributed by atoms with van der Waals surface area (Å²) < 4.78 is 34.9. The summed E-state index contributed by atoms with van der Waals surface area (Å²) in [5.74, 6) is -0.168. The van der Waals surface area contributed by atoms with Gasteiger partial charge in [0.2, 0.25) is 5.95 Å². The highest BCUT2D eigenvalue weighted by Crippen LogP contribution is 2.44. The number of benzene rings is 1. The third-order valence-electron chi connectivity index (χ3n) is 6.39. The number of imidazole rings is 1. The van der Waals surface area contributed by atoms with Gasteiger partial charge in [-0.1, -0.05) is 19.9 Å². The minimum atomic E-state index is -4.95. The van der Waals surface area contributed by atoms with Gasteiger partial charge in [-0.15, -0.1) is 0 Å². The minimum Gasteiger partial charge on any atom is -0.490 e. The summed E-state index contributed by atoms with van der Waals surface area (Å²) >= 11 is 0. The normalized spacial score (nSPS) is 19.0. The average molecular weight is 611 g/mol. The van der Waals surface area contributed by atoms with Crippen LogP contribution in [0, 0.1) is 16.0 Å². The number of carbonyl (C=O) groups excluding carboxylic acids is 1. The van der Waals surface area contributed by atoms with E-state index in [0.717, 1.165) is 0 Å². The van der Waals surface area contributed by atoms with Crippen molar-refractivity contribution >= 4 is 36.4 Å². The van der Waals surface area contributed by atoms with Crippen molar-refractivity contribution in [2.24, 2.45) is 5.92 Å². The molecular formula is C24H31N6O11P. The highest BCUT2D eigenvalue weighted by molar-refractivity contribution is 7.46. The number of hydrogen-bond acceptors (Lipinski definition) is 12. The largest absolute Gasteiger partial charge is 0.490 e. The Bertz CT molecular complexity index is 1580. The molecule has 3 heterocycles. The van der Waals surface area contributed by atoms with E-state index in [-0.39, 0.29) is 59.5 Å². The number of phosphoric acid groups is 1. The predicted octanol–water partition coefficient (Wildman–Crippen LogP) is 2.29. The molecule has 0 bridgehead atoms. The van der Waals surface area contributed by atoms with Gasteiger partial charge in [-0.25, -0.2) is 9.55 Å². The van der Waals surface area contributed by atoms with Gasteiger partial charge in [0, 0.05) is 13.0 Å². The Balaban J connectivity index is 1.57. The van der Waals surface area contributed by atoms with E-state index in [4.69, 9.17) is 18.7 Å². The predicted molar refractivity (Wildman–Crippen MR) is 146 cm³/mol. The molecule has 4 rings (SSSR count). The molecule has 1 aromatic carbocycles. The Labute approximate surface area is 238 Å². The zero-order chi connectivity index (χ0) is 30.8. The molecule has 17 nitrogen and oxygen atoms in total. The lowest BCUT2D eigenvalue weighted by Crippen LogP contribution is -2.28. The van der Waals surface area contributed by atoms with Crippen molar-refractivity contribution in [3.05, 3.63) is 50.1 Å². The molecule has 1 fully saturated rings. The topological polar surface area (TPSA) is 230 Å². The fraction of sp³-hybridized carbons (Fsp3) is 0.500. The number of H-pyrrole nitrogens is 1. The van der Waals surface area contributed by atoms with E-state index in [1.807, 2.05) is 13.8 Å². The first kappa shape index (κ1) is 31.2. The van der Waals surface area contributed by atoms with Crippen LogP contribution < -0.4 is 15.6 Å². The van der Waals surface area contributed by atoms with Crippen LogP contribution in [0.3, 0.4) is 0 Å². The van der Waals surface area contributed by atoms with Crippen LogP contribution >= 0.6 is 7.82 Å². The molecule has 0 aliphatic carbocycles. The van der Waals surface area contributed by atoms with Crippen molar-refractivity contribution in [2.75, 3.05) is 25.6 Å². The Morgan fingerprint density at radius 2 is 2.12 bits per heavy atom. The van der Waals surface area contributed by atoms with Crippen LogP contribution in [0.15, 0.2) is 23.3 Å². The number of nitrogens with one attached hydrogen (secondary N) is 2. The molecule has 0 radical (unpaired) electrons. The second-order valence-corrected chi connectivity index (χ2v) is 11.2. The van der Waals surface area contributed by atoms with E-state index < -0.39 is 48.2 Å². The maximum atomic E-state index is 12.6. The van der Waals surface area contributed by atoms with Crippen LogP contribution in [0.5, 0.6) is 5.75 Å². The summed E-state index contributed by atoms with van der Waals surface area (Å²) in [7, 11) is -3.70. The van der Waals surface area contributed by atoms with Gasteiger partial charge in [0.25, 0.3) is 5.56 Å². The number of nitro benzene ring substituents is 1. The van der Waals surface area contributed by atoms with Gasteiger partial charge < -0.3 is 29.3 Å². The third kappa shape index (κ3) is 7.00. The smallest absolute Gasteiger partial charge is 0.469 e. The SMILES string of the molecule is COc1ccc(COC[C@H]2O[C@@H](n3cnc4c(=O)[nH]c(NCC(C)C)nc43)C[C@@H]2OP(=O)(O)O)c(C(C)=O)c1[N+](=O)[O-]. The molecule has 18 heteroatoms. The number of rotatable bonds is 13. The molecule has 4 N–H and O–H groups in total. The lowest BCUT2D eigenvalue weighted by molar-refractivity contribution is -0.386. The van der Waals surface area contributed by atoms with Gasteiger partial charge in [0.05, 0.1) is 31.6 Å². The molecule has 42 heavy (non-hydrogen) atoms. The van der Waals surface area contributed by atoms with Crippen molar-refractivity contribution in [2.45, 2.75) is 52.2 Å². The van der Waals surface area contributed by atoms with Crippen LogP contribution in [-0.4, -0.2) is 72.5 Å². The number of ether oxygens (including phenoxy) is 3. The van der Waals surface area contributed by atoms with Gasteiger partial charge in [-0.3, -0.25) is 33.8 Å². The number of ketones is 1. The second-order valence-electron chi connectivity index (χ2n) is 9.99. The monoisotopic (exact) mass is 610 g/mol. The maximum absolute atomic E-state index is 12.6. The average Bonchev–Trinajstić information content (AvgIpc) is 3.50. The molecule has 3 aromatic rings. The number of methoxy groups -OCH3 is 1. The summed E-state index contributed by atoms with van der Waals surface area (Å²) in [6, 6.07) is 2.80. The lowest BCUT2D eigenvalue weighted by Gasteiger charge is -2.19. The Morgan fingerprint density at radius 3 is 2.74 bits per heavy atom. The van der Waals surface area contributed by atoms with Crippen molar-refractivity contribution in [1.82, 2.24) is 19.5 Å². The molecule has 2 aromatic heterocycles. The van der Waals surface area contributed by atoms with Crippen molar-refractivity contribution in [1.29, 1.82) is 0 Å². The summed E-state index contributed by atoms with van der Waals surface area (Å²) in [6.45, 7) is 5.17. The number of carbonyl (C=O) groups is 1. The highest BCUT2D eigenvalue weighted by Gasteiger charge is 2.41. The molecule has 0 saturated carbocycles. The van der Waals surface area contributed by atoms with Crippen LogP contribution in [0.25, 0.3) is 11.2 Å². The lowest BCUT2D eigenvalue weighted by atomic mass is 10.0.